The monoisotopic (exact) mass is 290 g/mol. The van der Waals surface area contributed by atoms with Crippen molar-refractivity contribution in [2.24, 2.45) is 0 Å². The molecule has 2 heterocycles. The summed E-state index contributed by atoms with van der Waals surface area (Å²) in [7, 11) is 2.06. The minimum atomic E-state index is 0.492. The molecule has 108 valence electrons. The van der Waals surface area contributed by atoms with Gasteiger partial charge in [0.25, 0.3) is 0 Å². The van der Waals surface area contributed by atoms with Crippen LogP contribution in [0.3, 0.4) is 0 Å². The quantitative estimate of drug-likeness (QED) is 0.888. The van der Waals surface area contributed by atoms with Crippen molar-refractivity contribution in [3.05, 3.63) is 40.0 Å². The molecule has 0 bridgehead atoms. The van der Waals surface area contributed by atoms with Crippen LogP contribution in [0.1, 0.15) is 30.0 Å². The second kappa shape index (κ2) is 6.81. The molecule has 4 nitrogen and oxygen atoms in total. The summed E-state index contributed by atoms with van der Waals surface area (Å²) in [4.78, 5) is 12.3. The van der Waals surface area contributed by atoms with Crippen LogP contribution in [0.2, 0.25) is 0 Å². The van der Waals surface area contributed by atoms with Crippen LogP contribution < -0.4 is 10.2 Å². The predicted molar refractivity (Wildman–Crippen MR) is 85.2 cm³/mol. The van der Waals surface area contributed by atoms with Gasteiger partial charge < -0.3 is 10.2 Å². The Bertz CT molecular complexity index is 533. The molecule has 0 atom stereocenters. The van der Waals surface area contributed by atoms with Crippen molar-refractivity contribution in [3.8, 4) is 0 Å². The zero-order chi connectivity index (χ0) is 14.5. The first kappa shape index (κ1) is 14.9. The van der Waals surface area contributed by atoms with Gasteiger partial charge in [0, 0.05) is 30.7 Å². The van der Waals surface area contributed by atoms with E-state index in [1.165, 1.54) is 10.4 Å². The Labute approximate surface area is 124 Å². The predicted octanol–water partition coefficient (Wildman–Crippen LogP) is 2.98. The largest absolute Gasteiger partial charge is 0.354 e. The van der Waals surface area contributed by atoms with Crippen molar-refractivity contribution in [2.45, 2.75) is 39.9 Å². The Balaban J connectivity index is 1.97. The maximum atomic E-state index is 4.54. The van der Waals surface area contributed by atoms with Gasteiger partial charge in [-0.25, -0.2) is 9.97 Å². The fourth-order valence-corrected chi connectivity index (χ4v) is 2.67. The van der Waals surface area contributed by atoms with E-state index in [4.69, 9.17) is 0 Å². The topological polar surface area (TPSA) is 41.1 Å². The molecule has 0 fully saturated rings. The van der Waals surface area contributed by atoms with E-state index in [1.54, 1.807) is 11.3 Å². The Hall–Kier alpha value is -1.46. The van der Waals surface area contributed by atoms with Gasteiger partial charge in [0.15, 0.2) is 0 Å². The van der Waals surface area contributed by atoms with E-state index < -0.39 is 0 Å². The number of thiazole rings is 1. The average Bonchev–Trinajstić information content (AvgIpc) is 2.82. The molecule has 0 aliphatic carbocycles. The first-order chi connectivity index (χ1) is 9.56. The SMILES string of the molecule is Cc1ncsc1CN(C)c1ccc(CNC(C)C)cn1. The summed E-state index contributed by atoms with van der Waals surface area (Å²) in [6.07, 6.45) is 1.95. The molecule has 0 aliphatic heterocycles. The third-order valence-electron chi connectivity index (χ3n) is 3.14. The Morgan fingerprint density at radius 1 is 1.30 bits per heavy atom. The zero-order valence-corrected chi connectivity index (χ0v) is 13.4. The van der Waals surface area contributed by atoms with Crippen molar-refractivity contribution in [2.75, 3.05) is 11.9 Å². The summed E-state index contributed by atoms with van der Waals surface area (Å²) in [5.41, 5.74) is 4.22. The first-order valence-electron chi connectivity index (χ1n) is 6.84. The molecule has 20 heavy (non-hydrogen) atoms. The van der Waals surface area contributed by atoms with Crippen LogP contribution in [0.15, 0.2) is 23.8 Å². The maximum Gasteiger partial charge on any atom is 0.128 e. The van der Waals surface area contributed by atoms with E-state index in [2.05, 4.69) is 53.2 Å². The normalized spacial score (nSPS) is 11.1. The zero-order valence-electron chi connectivity index (χ0n) is 12.6. The molecule has 2 rings (SSSR count). The van der Waals surface area contributed by atoms with Gasteiger partial charge in [-0.05, 0) is 18.6 Å². The van der Waals surface area contributed by atoms with Gasteiger partial charge in [0.1, 0.15) is 5.82 Å². The molecule has 1 N–H and O–H groups in total. The Morgan fingerprint density at radius 2 is 2.10 bits per heavy atom. The lowest BCUT2D eigenvalue weighted by Crippen LogP contribution is -2.22. The van der Waals surface area contributed by atoms with Gasteiger partial charge in [-0.2, -0.15) is 0 Å². The Kier molecular flexibility index (Phi) is 5.09. The molecule has 0 radical (unpaired) electrons. The van der Waals surface area contributed by atoms with E-state index in [0.29, 0.717) is 6.04 Å². The number of aryl methyl sites for hydroxylation is 1. The fraction of sp³-hybridized carbons (Fsp3) is 0.467. The minimum absolute atomic E-state index is 0.492. The van der Waals surface area contributed by atoms with Crippen LogP contribution in [0.5, 0.6) is 0 Å². The summed E-state index contributed by atoms with van der Waals surface area (Å²) >= 11 is 1.70. The number of aromatic nitrogens is 2. The fourth-order valence-electron chi connectivity index (χ4n) is 1.84. The molecule has 0 saturated heterocycles. The van der Waals surface area contributed by atoms with Crippen molar-refractivity contribution in [1.29, 1.82) is 0 Å². The molecule has 0 aromatic carbocycles. The highest BCUT2D eigenvalue weighted by atomic mass is 32.1. The number of hydrogen-bond donors (Lipinski definition) is 1. The van der Waals surface area contributed by atoms with Crippen LogP contribution in [0.25, 0.3) is 0 Å². The summed E-state index contributed by atoms with van der Waals surface area (Å²) in [5, 5.41) is 3.39. The van der Waals surface area contributed by atoms with E-state index in [-0.39, 0.29) is 0 Å². The molecule has 5 heteroatoms. The first-order valence-corrected chi connectivity index (χ1v) is 7.72. The molecule has 0 spiro atoms. The van der Waals surface area contributed by atoms with Crippen molar-refractivity contribution < 1.29 is 0 Å². The van der Waals surface area contributed by atoms with E-state index in [9.17, 15) is 0 Å². The molecule has 0 saturated carbocycles. The van der Waals surface area contributed by atoms with Gasteiger partial charge in [0.05, 0.1) is 17.7 Å². The van der Waals surface area contributed by atoms with Gasteiger partial charge in [-0.3, -0.25) is 0 Å². The second-order valence-electron chi connectivity index (χ2n) is 5.28. The number of nitrogens with one attached hydrogen (secondary N) is 1. The van der Waals surface area contributed by atoms with E-state index in [1.807, 2.05) is 18.6 Å². The number of pyridine rings is 1. The second-order valence-corrected chi connectivity index (χ2v) is 6.22. The van der Waals surface area contributed by atoms with Crippen molar-refractivity contribution in [3.63, 3.8) is 0 Å². The summed E-state index contributed by atoms with van der Waals surface area (Å²) < 4.78 is 0. The van der Waals surface area contributed by atoms with Gasteiger partial charge in [0.2, 0.25) is 0 Å². The van der Waals surface area contributed by atoms with Crippen LogP contribution in [0.4, 0.5) is 5.82 Å². The standard InChI is InChI=1S/C15H22N4S/c1-11(2)16-7-13-5-6-15(17-8-13)19(4)9-14-12(3)18-10-20-14/h5-6,8,10-11,16H,7,9H2,1-4H3. The minimum Gasteiger partial charge on any atom is -0.354 e. The van der Waals surface area contributed by atoms with E-state index >= 15 is 0 Å². The lowest BCUT2D eigenvalue weighted by Gasteiger charge is -2.18. The highest BCUT2D eigenvalue weighted by Crippen LogP contribution is 2.18. The number of hydrogen-bond acceptors (Lipinski definition) is 5. The lowest BCUT2D eigenvalue weighted by atomic mass is 10.2. The molecule has 0 aliphatic rings. The number of anilines is 1. The summed E-state index contributed by atoms with van der Waals surface area (Å²) in [6, 6.07) is 4.70. The third-order valence-corrected chi connectivity index (χ3v) is 4.06. The molecule has 2 aromatic rings. The molecular weight excluding hydrogens is 268 g/mol. The van der Waals surface area contributed by atoms with Crippen LogP contribution >= 0.6 is 11.3 Å². The summed E-state index contributed by atoms with van der Waals surface area (Å²) in [5.74, 6) is 0.992. The van der Waals surface area contributed by atoms with Gasteiger partial charge in [-0.1, -0.05) is 19.9 Å². The van der Waals surface area contributed by atoms with Crippen LogP contribution in [0, 0.1) is 6.92 Å². The molecular formula is C15H22N4S. The maximum absolute atomic E-state index is 4.54. The van der Waals surface area contributed by atoms with Crippen LogP contribution in [-0.4, -0.2) is 23.1 Å². The molecule has 0 unspecified atom stereocenters. The lowest BCUT2D eigenvalue weighted by molar-refractivity contribution is 0.588. The molecule has 2 aromatic heterocycles. The van der Waals surface area contributed by atoms with Crippen molar-refractivity contribution >= 4 is 17.2 Å². The smallest absolute Gasteiger partial charge is 0.128 e. The van der Waals surface area contributed by atoms with Gasteiger partial charge in [-0.15, -0.1) is 11.3 Å². The number of nitrogens with zero attached hydrogens (tertiary/aromatic N) is 3. The number of rotatable bonds is 6. The highest BCUT2D eigenvalue weighted by Gasteiger charge is 2.07. The van der Waals surface area contributed by atoms with Crippen molar-refractivity contribution in [1.82, 2.24) is 15.3 Å². The van der Waals surface area contributed by atoms with E-state index in [0.717, 1.165) is 24.6 Å². The van der Waals surface area contributed by atoms with Crippen LogP contribution in [-0.2, 0) is 13.1 Å². The average molecular weight is 290 g/mol. The Morgan fingerprint density at radius 3 is 2.65 bits per heavy atom. The highest BCUT2D eigenvalue weighted by molar-refractivity contribution is 7.09. The third kappa shape index (κ3) is 4.02. The molecule has 0 amide bonds. The van der Waals surface area contributed by atoms with Gasteiger partial charge >= 0.3 is 0 Å². The summed E-state index contributed by atoms with van der Waals surface area (Å²) in [6.45, 7) is 8.06.